The van der Waals surface area contributed by atoms with Gasteiger partial charge in [0.15, 0.2) is 0 Å². The lowest BCUT2D eigenvalue weighted by atomic mass is 10.1. The van der Waals surface area contributed by atoms with Gasteiger partial charge in [-0.3, -0.25) is 0 Å². The lowest BCUT2D eigenvalue weighted by Crippen LogP contribution is -2.26. The lowest BCUT2D eigenvalue weighted by Gasteiger charge is -2.24. The molecule has 0 amide bonds. The number of hydrogen-bond donors (Lipinski definition) is 1. The first-order valence-electron chi connectivity index (χ1n) is 10.3. The number of hydrogen-bond acceptors (Lipinski definition) is 3. The Morgan fingerprint density at radius 3 is 2.56 bits per heavy atom. The quantitative estimate of drug-likeness (QED) is 0.226. The van der Waals surface area contributed by atoms with E-state index in [-0.39, 0.29) is 5.82 Å². The number of nitrogens with one attached hydrogen (secondary N) is 1. The minimum absolute atomic E-state index is 0.265. The predicted molar refractivity (Wildman–Crippen MR) is 136 cm³/mol. The zero-order valence-electron chi connectivity index (χ0n) is 18.5. The number of benzene rings is 2. The Balaban J connectivity index is 1.97. The van der Waals surface area contributed by atoms with E-state index in [0.29, 0.717) is 18.1 Å². The molecule has 3 rings (SSSR count). The second kappa shape index (κ2) is 10.7. The van der Waals surface area contributed by atoms with Crippen LogP contribution < -0.4 is 10.1 Å². The second-order valence-corrected chi connectivity index (χ2v) is 13.6. The van der Waals surface area contributed by atoms with Crippen LogP contribution in [0, 0.1) is 5.82 Å². The van der Waals surface area contributed by atoms with Crippen LogP contribution in [0.3, 0.4) is 0 Å². The molecule has 0 aliphatic carbocycles. The molecule has 0 radical (unpaired) electrons. The van der Waals surface area contributed by atoms with E-state index in [0.717, 1.165) is 26.9 Å². The van der Waals surface area contributed by atoms with Gasteiger partial charge in [0, 0.05) is 27.5 Å². The van der Waals surface area contributed by atoms with Gasteiger partial charge in [-0.2, -0.15) is 0 Å². The van der Waals surface area contributed by atoms with Gasteiger partial charge in [-0.25, -0.2) is 4.39 Å². The third kappa shape index (κ3) is 7.11. The van der Waals surface area contributed by atoms with Crippen molar-refractivity contribution in [3.63, 3.8) is 0 Å². The maximum atomic E-state index is 13.2. The molecular formula is C26H27BrFNO2Si. The fourth-order valence-corrected chi connectivity index (χ4v) is 4.25. The van der Waals surface area contributed by atoms with Crippen LogP contribution in [0.2, 0.25) is 19.6 Å². The molecule has 2 aromatic carbocycles. The normalized spacial score (nSPS) is 13.8. The van der Waals surface area contributed by atoms with E-state index in [4.69, 9.17) is 9.16 Å². The highest BCUT2D eigenvalue weighted by Crippen LogP contribution is 2.31. The van der Waals surface area contributed by atoms with Crippen molar-refractivity contribution in [3.8, 4) is 5.75 Å². The predicted octanol–water partition coefficient (Wildman–Crippen LogP) is 7.47. The average molecular weight is 512 g/mol. The first-order valence-corrected chi connectivity index (χ1v) is 14.5. The van der Waals surface area contributed by atoms with Gasteiger partial charge in [-0.05, 0) is 73.8 Å². The van der Waals surface area contributed by atoms with Crippen molar-refractivity contribution >= 4 is 30.3 Å². The number of rotatable bonds is 8. The summed E-state index contributed by atoms with van der Waals surface area (Å²) in [5.41, 5.74) is 3.48. The van der Waals surface area contributed by atoms with Gasteiger partial charge in [0.05, 0.1) is 0 Å². The summed E-state index contributed by atoms with van der Waals surface area (Å²) in [7, 11) is -1.87. The van der Waals surface area contributed by atoms with E-state index in [9.17, 15) is 4.39 Å². The van der Waals surface area contributed by atoms with Gasteiger partial charge in [0.1, 0.15) is 23.9 Å². The molecule has 0 spiro atoms. The van der Waals surface area contributed by atoms with Gasteiger partial charge in [0.2, 0.25) is 8.32 Å². The van der Waals surface area contributed by atoms with Crippen LogP contribution >= 0.6 is 15.9 Å². The topological polar surface area (TPSA) is 30.5 Å². The SMILES string of the molecule is C=C(O[Si](C)(C)C)C(=Cc1cc(Br)ccc1OCc1ccc(F)cc1)C1=CC=CC=CN1. The van der Waals surface area contributed by atoms with Crippen LogP contribution in [0.4, 0.5) is 4.39 Å². The molecule has 3 nitrogen and oxygen atoms in total. The summed E-state index contributed by atoms with van der Waals surface area (Å²) in [6.45, 7) is 10.9. The molecule has 0 saturated heterocycles. The lowest BCUT2D eigenvalue weighted by molar-refractivity contribution is 0.305. The van der Waals surface area contributed by atoms with Gasteiger partial charge < -0.3 is 14.5 Å². The zero-order chi connectivity index (χ0) is 23.1. The van der Waals surface area contributed by atoms with Crippen molar-refractivity contribution in [2.24, 2.45) is 0 Å². The molecule has 6 heteroatoms. The van der Waals surface area contributed by atoms with Crippen molar-refractivity contribution in [2.75, 3.05) is 0 Å². The summed E-state index contributed by atoms with van der Waals surface area (Å²) in [5.74, 6) is 1.05. The van der Waals surface area contributed by atoms with Crippen molar-refractivity contribution in [1.82, 2.24) is 5.32 Å². The largest absolute Gasteiger partial charge is 0.544 e. The molecule has 32 heavy (non-hydrogen) atoms. The summed E-state index contributed by atoms with van der Waals surface area (Å²) >= 11 is 3.56. The van der Waals surface area contributed by atoms with Crippen molar-refractivity contribution in [2.45, 2.75) is 26.2 Å². The Bertz CT molecular complexity index is 1100. The molecule has 0 saturated carbocycles. The summed E-state index contributed by atoms with van der Waals surface area (Å²) in [6.07, 6.45) is 11.7. The molecule has 166 valence electrons. The fourth-order valence-electron chi connectivity index (χ4n) is 3.02. The maximum absolute atomic E-state index is 13.2. The molecule has 2 aromatic rings. The van der Waals surface area contributed by atoms with E-state index < -0.39 is 8.32 Å². The van der Waals surface area contributed by atoms with E-state index in [1.807, 2.05) is 54.8 Å². The van der Waals surface area contributed by atoms with Crippen LogP contribution in [0.5, 0.6) is 5.75 Å². The minimum atomic E-state index is -1.87. The summed E-state index contributed by atoms with van der Waals surface area (Å²) in [4.78, 5) is 0. The molecule has 1 aliphatic heterocycles. The fraction of sp³-hybridized carbons (Fsp3) is 0.154. The Morgan fingerprint density at radius 1 is 1.09 bits per heavy atom. The molecule has 0 unspecified atom stereocenters. The van der Waals surface area contributed by atoms with Crippen LogP contribution in [0.15, 0.2) is 101 Å². The molecule has 1 heterocycles. The standard InChI is InChI=1S/C26H27BrFNO2Si/c1-19(31-32(2,3)4)24(25-8-6-5-7-15-29-25)17-21-16-22(27)11-14-26(21)30-18-20-9-12-23(28)13-10-20/h5-17,29H,1,18H2,2-4H3. The van der Waals surface area contributed by atoms with E-state index in [1.54, 1.807) is 12.1 Å². The molecule has 0 bridgehead atoms. The van der Waals surface area contributed by atoms with E-state index in [1.165, 1.54) is 12.1 Å². The van der Waals surface area contributed by atoms with Crippen molar-refractivity contribution < 1.29 is 13.6 Å². The van der Waals surface area contributed by atoms with Crippen molar-refractivity contribution in [1.29, 1.82) is 0 Å². The molecule has 0 aromatic heterocycles. The first kappa shape index (κ1) is 23.8. The molecule has 0 atom stereocenters. The van der Waals surface area contributed by atoms with Gasteiger partial charge in [0.25, 0.3) is 0 Å². The van der Waals surface area contributed by atoms with Crippen LogP contribution in [-0.2, 0) is 11.0 Å². The van der Waals surface area contributed by atoms with Crippen molar-refractivity contribution in [3.05, 3.63) is 118 Å². The molecule has 0 fully saturated rings. The third-order valence-corrected chi connectivity index (χ3v) is 5.77. The summed E-state index contributed by atoms with van der Waals surface area (Å²) in [6, 6.07) is 12.1. The number of allylic oxidation sites excluding steroid dienone is 4. The van der Waals surface area contributed by atoms with E-state index >= 15 is 0 Å². The van der Waals surface area contributed by atoms with Gasteiger partial charge >= 0.3 is 0 Å². The Kier molecular flexibility index (Phi) is 7.93. The maximum Gasteiger partial charge on any atom is 0.242 e. The monoisotopic (exact) mass is 511 g/mol. The Labute approximate surface area is 198 Å². The average Bonchev–Trinajstić information content (AvgIpc) is 3.00. The zero-order valence-corrected chi connectivity index (χ0v) is 21.1. The van der Waals surface area contributed by atoms with Crippen LogP contribution in [0.25, 0.3) is 6.08 Å². The molecular weight excluding hydrogens is 485 g/mol. The highest BCUT2D eigenvalue weighted by molar-refractivity contribution is 9.10. The molecule has 1 N–H and O–H groups in total. The Hall–Kier alpha value is -2.83. The van der Waals surface area contributed by atoms with E-state index in [2.05, 4.69) is 47.5 Å². The highest BCUT2D eigenvalue weighted by Gasteiger charge is 2.21. The van der Waals surface area contributed by atoms with Crippen LogP contribution in [0.1, 0.15) is 11.1 Å². The van der Waals surface area contributed by atoms with Crippen LogP contribution in [-0.4, -0.2) is 8.32 Å². The minimum Gasteiger partial charge on any atom is -0.544 e. The summed E-state index contributed by atoms with van der Waals surface area (Å²) in [5, 5.41) is 3.30. The highest BCUT2D eigenvalue weighted by atomic mass is 79.9. The molecule has 1 aliphatic rings. The van der Waals surface area contributed by atoms with Gasteiger partial charge in [-0.15, -0.1) is 0 Å². The van der Waals surface area contributed by atoms with Gasteiger partial charge in [-0.1, -0.05) is 46.8 Å². The second-order valence-electron chi connectivity index (χ2n) is 8.26. The number of ether oxygens (including phenoxy) is 1. The number of halogens is 2. The third-order valence-electron chi connectivity index (χ3n) is 4.42. The first-order chi connectivity index (χ1) is 15.2. The smallest absolute Gasteiger partial charge is 0.242 e. The Morgan fingerprint density at radius 2 is 1.84 bits per heavy atom. The summed E-state index contributed by atoms with van der Waals surface area (Å²) < 4.78 is 26.5.